The summed E-state index contributed by atoms with van der Waals surface area (Å²) in [5.74, 6) is 0. The summed E-state index contributed by atoms with van der Waals surface area (Å²) in [5.41, 5.74) is 7.74. The molecular weight excluding hydrogens is 270 g/mol. The first-order valence-corrected chi connectivity index (χ1v) is 6.12. The molecule has 0 atom stereocenters. The molecule has 0 aliphatic rings. The summed E-state index contributed by atoms with van der Waals surface area (Å²) in [4.78, 5) is 0. The number of alkyl halides is 1. The van der Waals surface area contributed by atoms with Crippen molar-refractivity contribution in [2.45, 2.75) is 5.33 Å². The van der Waals surface area contributed by atoms with E-state index in [2.05, 4.69) is 15.9 Å². The maximum absolute atomic E-state index is 6.06. The van der Waals surface area contributed by atoms with Gasteiger partial charge >= 0.3 is 0 Å². The monoisotopic (exact) mass is 275 g/mol. The smallest absolute Gasteiger partial charge is 0.0481 e. The average Bonchev–Trinajstić information content (AvgIpc) is 2.53. The molecule has 1 aromatic carbocycles. The van der Waals surface area contributed by atoms with Crippen LogP contribution in [0.1, 0.15) is 5.56 Å². The van der Waals surface area contributed by atoms with Crippen LogP contribution in [0.4, 0.5) is 5.69 Å². The Balaban J connectivity index is 2.85. The van der Waals surface area contributed by atoms with Gasteiger partial charge in [-0.3, -0.25) is 0 Å². The predicted molar refractivity (Wildman–Crippen MR) is 63.9 cm³/mol. The molecule has 0 aliphatic carbocycles. The summed E-state index contributed by atoms with van der Waals surface area (Å²) in [7, 11) is 0. The van der Waals surface area contributed by atoms with Gasteiger partial charge in [0.05, 0.1) is 0 Å². The molecule has 2 rings (SSSR count). The molecule has 0 saturated carbocycles. The topological polar surface area (TPSA) is 26.0 Å². The molecule has 0 fully saturated rings. The Morgan fingerprint density at radius 1 is 1.54 bits per heavy atom. The van der Waals surface area contributed by atoms with Gasteiger partial charge in [0.1, 0.15) is 0 Å². The molecule has 0 radical (unpaired) electrons. The second-order valence-corrected chi connectivity index (χ2v) is 4.63. The zero-order valence-electron chi connectivity index (χ0n) is 6.68. The number of anilines is 1. The second-order valence-electron chi connectivity index (χ2n) is 2.72. The van der Waals surface area contributed by atoms with E-state index in [1.165, 1.54) is 0 Å². The third-order valence-electron chi connectivity index (χ3n) is 1.99. The zero-order valence-corrected chi connectivity index (χ0v) is 9.84. The summed E-state index contributed by atoms with van der Waals surface area (Å²) < 4.78 is 1.15. The first-order valence-electron chi connectivity index (χ1n) is 3.74. The molecule has 0 saturated heterocycles. The van der Waals surface area contributed by atoms with Crippen LogP contribution in [0.15, 0.2) is 17.5 Å². The highest BCUT2D eigenvalue weighted by atomic mass is 79.9. The molecule has 2 aromatic rings. The minimum atomic E-state index is 0.698. The molecule has 2 N–H and O–H groups in total. The van der Waals surface area contributed by atoms with E-state index in [1.54, 1.807) is 11.3 Å². The largest absolute Gasteiger partial charge is 0.398 e. The highest BCUT2D eigenvalue weighted by Crippen LogP contribution is 2.35. The molecule has 1 heterocycles. The molecule has 1 nitrogen and oxygen atoms in total. The van der Waals surface area contributed by atoms with Crippen LogP contribution in [0, 0.1) is 0 Å². The van der Waals surface area contributed by atoms with Crippen molar-refractivity contribution < 1.29 is 0 Å². The summed E-state index contributed by atoms with van der Waals surface area (Å²) in [6.45, 7) is 0. The van der Waals surface area contributed by atoms with E-state index in [0.717, 1.165) is 26.4 Å². The maximum Gasteiger partial charge on any atom is 0.0481 e. The van der Waals surface area contributed by atoms with Crippen molar-refractivity contribution in [2.75, 3.05) is 5.73 Å². The van der Waals surface area contributed by atoms with Gasteiger partial charge in [0.25, 0.3) is 0 Å². The Morgan fingerprint density at radius 2 is 2.31 bits per heavy atom. The number of thiophene rings is 1. The number of benzene rings is 1. The maximum atomic E-state index is 6.06. The SMILES string of the molecule is Nc1c(CBr)c(Cl)cc2sccc12. The molecule has 1 aromatic heterocycles. The van der Waals surface area contributed by atoms with Crippen molar-refractivity contribution in [3.8, 4) is 0 Å². The number of fused-ring (bicyclic) bond motifs is 1. The van der Waals surface area contributed by atoms with Crippen molar-refractivity contribution in [1.29, 1.82) is 0 Å². The van der Waals surface area contributed by atoms with E-state index in [1.807, 2.05) is 17.5 Å². The number of hydrogen-bond acceptors (Lipinski definition) is 2. The Morgan fingerprint density at radius 3 is 3.00 bits per heavy atom. The van der Waals surface area contributed by atoms with Crippen LogP contribution in [-0.4, -0.2) is 0 Å². The van der Waals surface area contributed by atoms with Crippen LogP contribution in [-0.2, 0) is 5.33 Å². The van der Waals surface area contributed by atoms with E-state index < -0.39 is 0 Å². The van der Waals surface area contributed by atoms with Crippen LogP contribution in [0.2, 0.25) is 5.02 Å². The highest BCUT2D eigenvalue weighted by Gasteiger charge is 2.08. The molecule has 13 heavy (non-hydrogen) atoms. The lowest BCUT2D eigenvalue weighted by atomic mass is 10.1. The number of halogens is 2. The molecule has 0 bridgehead atoms. The first kappa shape index (κ1) is 9.31. The van der Waals surface area contributed by atoms with Crippen molar-refractivity contribution >= 4 is 54.6 Å². The predicted octanol–water partition coefficient (Wildman–Crippen LogP) is 4.03. The van der Waals surface area contributed by atoms with Crippen molar-refractivity contribution in [3.63, 3.8) is 0 Å². The van der Waals surface area contributed by atoms with E-state index >= 15 is 0 Å². The number of nitrogen functional groups attached to an aromatic ring is 1. The number of nitrogens with two attached hydrogens (primary N) is 1. The van der Waals surface area contributed by atoms with Gasteiger partial charge in [-0.25, -0.2) is 0 Å². The molecule has 0 unspecified atom stereocenters. The van der Waals surface area contributed by atoms with Gasteiger partial charge < -0.3 is 5.73 Å². The molecular formula is C9H7BrClNS. The van der Waals surface area contributed by atoms with Gasteiger partial charge in [-0.2, -0.15) is 0 Å². The van der Waals surface area contributed by atoms with E-state index in [9.17, 15) is 0 Å². The summed E-state index contributed by atoms with van der Waals surface area (Å²) >= 11 is 11.1. The Bertz CT molecular complexity index is 452. The standard InChI is InChI=1S/C9H7BrClNS/c10-4-6-7(11)3-8-5(9(6)12)1-2-13-8/h1-3H,4,12H2. The van der Waals surface area contributed by atoms with E-state index in [0.29, 0.717) is 5.33 Å². The van der Waals surface area contributed by atoms with Crippen molar-refractivity contribution in [2.24, 2.45) is 0 Å². The van der Waals surface area contributed by atoms with E-state index in [-0.39, 0.29) is 0 Å². The zero-order chi connectivity index (χ0) is 9.42. The van der Waals surface area contributed by atoms with Crippen LogP contribution < -0.4 is 5.73 Å². The Hall–Kier alpha value is -0.250. The van der Waals surface area contributed by atoms with Crippen LogP contribution in [0.3, 0.4) is 0 Å². The highest BCUT2D eigenvalue weighted by molar-refractivity contribution is 9.08. The van der Waals surface area contributed by atoms with Gasteiger partial charge in [-0.05, 0) is 17.5 Å². The van der Waals surface area contributed by atoms with Gasteiger partial charge in [-0.15, -0.1) is 11.3 Å². The number of hydrogen-bond donors (Lipinski definition) is 1. The Labute approximate surface area is 93.6 Å². The Kier molecular flexibility index (Phi) is 2.49. The minimum absolute atomic E-state index is 0.698. The van der Waals surface area contributed by atoms with Crippen molar-refractivity contribution in [1.82, 2.24) is 0 Å². The lowest BCUT2D eigenvalue weighted by molar-refractivity contribution is 1.47. The molecule has 68 valence electrons. The lowest BCUT2D eigenvalue weighted by Gasteiger charge is -2.05. The van der Waals surface area contributed by atoms with Crippen LogP contribution >= 0.6 is 38.9 Å². The van der Waals surface area contributed by atoms with Crippen molar-refractivity contribution in [3.05, 3.63) is 28.1 Å². The van der Waals surface area contributed by atoms with Gasteiger partial charge in [0, 0.05) is 31.7 Å². The molecule has 4 heteroatoms. The fourth-order valence-electron chi connectivity index (χ4n) is 1.28. The fourth-order valence-corrected chi connectivity index (χ4v) is 3.23. The summed E-state index contributed by atoms with van der Waals surface area (Å²) in [6, 6.07) is 3.99. The lowest BCUT2D eigenvalue weighted by Crippen LogP contribution is -1.92. The minimum Gasteiger partial charge on any atom is -0.398 e. The van der Waals surface area contributed by atoms with E-state index in [4.69, 9.17) is 17.3 Å². The third kappa shape index (κ3) is 1.45. The normalized spacial score (nSPS) is 10.9. The van der Waals surface area contributed by atoms with Gasteiger partial charge in [0.2, 0.25) is 0 Å². The quantitative estimate of drug-likeness (QED) is 0.617. The van der Waals surface area contributed by atoms with Crippen LogP contribution in [0.5, 0.6) is 0 Å². The average molecular weight is 277 g/mol. The third-order valence-corrected chi connectivity index (χ3v) is 3.75. The first-order chi connectivity index (χ1) is 6.24. The van der Waals surface area contributed by atoms with Crippen LogP contribution in [0.25, 0.3) is 10.1 Å². The van der Waals surface area contributed by atoms with Gasteiger partial charge in [0.15, 0.2) is 0 Å². The summed E-state index contributed by atoms with van der Waals surface area (Å²) in [5, 5.41) is 4.56. The molecule has 0 aliphatic heterocycles. The number of rotatable bonds is 1. The van der Waals surface area contributed by atoms with Gasteiger partial charge in [-0.1, -0.05) is 27.5 Å². The summed E-state index contributed by atoms with van der Waals surface area (Å²) in [6.07, 6.45) is 0. The second kappa shape index (κ2) is 3.48. The molecule has 0 amide bonds. The molecule has 0 spiro atoms. The fraction of sp³-hybridized carbons (Fsp3) is 0.111.